The van der Waals surface area contributed by atoms with E-state index in [2.05, 4.69) is 87.4 Å². The number of nitrogens with one attached hydrogen (secondary N) is 1. The average molecular weight is 777 g/mol. The number of imidazole rings is 1. The Balaban J connectivity index is 1.49. The van der Waals surface area contributed by atoms with Crippen LogP contribution >= 0.6 is 50.1 Å². The second kappa shape index (κ2) is 12.3. The molecule has 0 amide bonds. The van der Waals surface area contributed by atoms with E-state index in [1.165, 1.54) is 18.4 Å². The fraction of sp³-hybridized carbons (Fsp3) is 0.367. The van der Waals surface area contributed by atoms with Gasteiger partial charge in [0.25, 0.3) is 0 Å². The van der Waals surface area contributed by atoms with Crippen LogP contribution < -0.4 is 10.7 Å². The molecule has 4 aromatic heterocycles. The van der Waals surface area contributed by atoms with Crippen LogP contribution in [0, 0.1) is 5.92 Å². The van der Waals surface area contributed by atoms with Crippen LogP contribution in [0.5, 0.6) is 0 Å². The third kappa shape index (κ3) is 5.74. The molecule has 1 aliphatic heterocycles. The van der Waals surface area contributed by atoms with E-state index in [-0.39, 0.29) is 11.9 Å². The van der Waals surface area contributed by atoms with Crippen molar-refractivity contribution >= 4 is 67.1 Å². The van der Waals surface area contributed by atoms with Gasteiger partial charge in [0.1, 0.15) is 11.2 Å². The Bertz CT molecular complexity index is 1820. The van der Waals surface area contributed by atoms with Gasteiger partial charge < -0.3 is 14.2 Å². The second-order valence-electron chi connectivity index (χ2n) is 11.0. The van der Waals surface area contributed by atoms with E-state index < -0.39 is 5.76 Å². The number of anilines is 1. The molecule has 7 rings (SSSR count). The predicted octanol–water partition coefficient (Wildman–Crippen LogP) is 6.82. The highest BCUT2D eigenvalue weighted by Crippen LogP contribution is 2.42. The monoisotopic (exact) mass is 775 g/mol. The summed E-state index contributed by atoms with van der Waals surface area (Å²) in [4.78, 5) is 31.7. The Kier molecular flexibility index (Phi) is 8.27. The van der Waals surface area contributed by atoms with Crippen LogP contribution in [0.2, 0.25) is 5.02 Å². The standard InChI is InChI=1S/C30H28BrClIN7O3/c31-23-25-27(24(19-12-20(32)14-34-13-19)35-26(23)28-37-30(41)43-38-28)40(15-17-6-8-21(33)9-7-17)29(36-25)39-10-11-42-16-22(39)18-4-2-1-3-5-18/h1-5,12-14,17,21-22H,6-11,15-16H2,(H,37,38,41)/t17?,21?,22-/m0/s1. The molecule has 1 aromatic carbocycles. The third-order valence-electron chi connectivity index (χ3n) is 8.24. The predicted molar refractivity (Wildman–Crippen MR) is 177 cm³/mol. The molecule has 2 fully saturated rings. The summed E-state index contributed by atoms with van der Waals surface area (Å²) < 4.78 is 14.5. The molecule has 1 N–H and O–H groups in total. The van der Waals surface area contributed by atoms with Crippen LogP contribution in [0.3, 0.4) is 0 Å². The number of halogens is 3. The van der Waals surface area contributed by atoms with Gasteiger partial charge in [-0.15, -0.1) is 0 Å². The van der Waals surface area contributed by atoms with Gasteiger partial charge in [0.05, 0.1) is 40.0 Å². The van der Waals surface area contributed by atoms with Crippen molar-refractivity contribution in [2.24, 2.45) is 5.92 Å². The van der Waals surface area contributed by atoms with Crippen molar-refractivity contribution in [3.8, 4) is 22.8 Å². The summed E-state index contributed by atoms with van der Waals surface area (Å²) in [5, 5.41) is 4.43. The first-order chi connectivity index (χ1) is 21.0. The zero-order valence-electron chi connectivity index (χ0n) is 23.0. The highest BCUT2D eigenvalue weighted by Gasteiger charge is 2.33. The van der Waals surface area contributed by atoms with Gasteiger partial charge in [0.15, 0.2) is 0 Å². The molecule has 1 saturated heterocycles. The number of aromatic amines is 1. The molecule has 0 bridgehead atoms. The number of H-pyrrole nitrogens is 1. The Morgan fingerprint density at radius 2 is 1.91 bits per heavy atom. The maximum absolute atomic E-state index is 11.9. The van der Waals surface area contributed by atoms with E-state index in [4.69, 9.17) is 30.8 Å². The minimum Gasteiger partial charge on any atom is -0.377 e. The summed E-state index contributed by atoms with van der Waals surface area (Å²) in [5.74, 6) is 0.897. The van der Waals surface area contributed by atoms with E-state index >= 15 is 0 Å². The summed E-state index contributed by atoms with van der Waals surface area (Å²) in [5.41, 5.74) is 4.55. The first-order valence-corrected chi connectivity index (χ1v) is 16.7. The van der Waals surface area contributed by atoms with Gasteiger partial charge in [-0.3, -0.25) is 14.5 Å². The lowest BCUT2D eigenvalue weighted by molar-refractivity contribution is 0.0928. The zero-order valence-corrected chi connectivity index (χ0v) is 27.5. The molecule has 1 saturated carbocycles. The maximum atomic E-state index is 11.9. The minimum absolute atomic E-state index is 0.00928. The Hall–Kier alpha value is -2.81. The first-order valence-electron chi connectivity index (χ1n) is 14.3. The number of benzene rings is 1. The number of nitrogens with zero attached hydrogens (tertiary/aromatic N) is 6. The molecule has 5 heterocycles. The van der Waals surface area contributed by atoms with E-state index in [9.17, 15) is 4.79 Å². The number of hydrogen-bond acceptors (Lipinski definition) is 8. The molecule has 5 aromatic rings. The molecule has 222 valence electrons. The number of aromatic nitrogens is 6. The van der Waals surface area contributed by atoms with Gasteiger partial charge in [0, 0.05) is 35.0 Å². The molecule has 2 aliphatic rings. The van der Waals surface area contributed by atoms with Crippen molar-refractivity contribution in [3.05, 3.63) is 74.4 Å². The molecule has 1 aliphatic carbocycles. The maximum Gasteiger partial charge on any atom is 0.439 e. The number of alkyl halides is 1. The SMILES string of the molecule is O=c1[nH]c(-c2nc(-c3cncc(Cl)c3)c3c(nc(N4CCOC[C@H]4c4ccccc4)n3CC3CCC(I)CC3)c2Br)no1. The van der Waals surface area contributed by atoms with Crippen molar-refractivity contribution in [1.29, 1.82) is 0 Å². The number of morpholine rings is 1. The second-order valence-corrected chi connectivity index (χ2v) is 14.0. The topological polar surface area (TPSA) is 115 Å². The number of ether oxygens (including phenoxy) is 1. The van der Waals surface area contributed by atoms with E-state index in [0.717, 1.165) is 36.4 Å². The van der Waals surface area contributed by atoms with Crippen LogP contribution in [0.1, 0.15) is 37.3 Å². The lowest BCUT2D eigenvalue weighted by Crippen LogP contribution is -2.41. The van der Waals surface area contributed by atoms with Gasteiger partial charge in [-0.2, -0.15) is 0 Å². The fourth-order valence-corrected chi connectivity index (χ4v) is 7.59. The van der Waals surface area contributed by atoms with Gasteiger partial charge in [-0.1, -0.05) is 69.7 Å². The van der Waals surface area contributed by atoms with E-state index in [1.54, 1.807) is 12.4 Å². The number of hydrogen-bond donors (Lipinski definition) is 1. The first kappa shape index (κ1) is 28.9. The van der Waals surface area contributed by atoms with Gasteiger partial charge >= 0.3 is 5.76 Å². The zero-order chi connectivity index (χ0) is 29.5. The molecule has 0 spiro atoms. The van der Waals surface area contributed by atoms with Crippen LogP contribution in [-0.4, -0.2) is 53.3 Å². The largest absolute Gasteiger partial charge is 0.439 e. The summed E-state index contributed by atoms with van der Waals surface area (Å²) in [6, 6.07) is 12.3. The van der Waals surface area contributed by atoms with Crippen LogP contribution in [0.25, 0.3) is 33.8 Å². The summed E-state index contributed by atoms with van der Waals surface area (Å²) in [7, 11) is 0. The number of rotatable bonds is 6. The fourth-order valence-electron chi connectivity index (χ4n) is 6.14. The molecule has 10 nitrogen and oxygen atoms in total. The Labute approximate surface area is 274 Å². The molecule has 43 heavy (non-hydrogen) atoms. The van der Waals surface area contributed by atoms with Gasteiger partial charge in [-0.05, 0) is 59.2 Å². The highest BCUT2D eigenvalue weighted by atomic mass is 127. The summed E-state index contributed by atoms with van der Waals surface area (Å²) in [6.07, 6.45) is 8.05. The van der Waals surface area contributed by atoms with Crippen molar-refractivity contribution < 1.29 is 9.26 Å². The molecule has 13 heteroatoms. The molecule has 0 unspecified atom stereocenters. The number of pyridine rings is 2. The van der Waals surface area contributed by atoms with Crippen molar-refractivity contribution in [2.75, 3.05) is 24.7 Å². The van der Waals surface area contributed by atoms with Crippen LogP contribution in [0.15, 0.2) is 62.6 Å². The van der Waals surface area contributed by atoms with Crippen molar-refractivity contribution in [3.63, 3.8) is 0 Å². The lowest BCUT2D eigenvalue weighted by atomic mass is 9.89. The van der Waals surface area contributed by atoms with E-state index in [1.807, 2.05) is 12.1 Å². The van der Waals surface area contributed by atoms with Crippen molar-refractivity contribution in [2.45, 2.75) is 42.2 Å². The van der Waals surface area contributed by atoms with Gasteiger partial charge in [0.2, 0.25) is 11.8 Å². The summed E-state index contributed by atoms with van der Waals surface area (Å²) in [6.45, 7) is 2.64. The average Bonchev–Trinajstić information content (AvgIpc) is 3.63. The van der Waals surface area contributed by atoms with E-state index in [0.29, 0.717) is 56.0 Å². The Morgan fingerprint density at radius 1 is 1.09 bits per heavy atom. The summed E-state index contributed by atoms with van der Waals surface area (Å²) >= 11 is 12.8. The smallest absolute Gasteiger partial charge is 0.377 e. The van der Waals surface area contributed by atoms with Gasteiger partial charge in [-0.25, -0.2) is 14.8 Å². The highest BCUT2D eigenvalue weighted by molar-refractivity contribution is 14.1. The quantitative estimate of drug-likeness (QED) is 0.148. The molecular formula is C30H28BrClIN7O3. The normalized spacial score (nSPS) is 21.0. The molecular weight excluding hydrogens is 749 g/mol. The Morgan fingerprint density at radius 3 is 2.65 bits per heavy atom. The molecule has 0 radical (unpaired) electrons. The minimum atomic E-state index is -0.661. The third-order valence-corrected chi connectivity index (χ3v) is 10.4. The van der Waals surface area contributed by atoms with Crippen molar-refractivity contribution in [1.82, 2.24) is 29.7 Å². The lowest BCUT2D eigenvalue weighted by Gasteiger charge is -2.37. The molecule has 1 atom stereocenters. The van der Waals surface area contributed by atoms with Crippen LogP contribution in [-0.2, 0) is 11.3 Å². The van der Waals surface area contributed by atoms with Crippen LogP contribution in [0.4, 0.5) is 5.95 Å². The number of fused-ring (bicyclic) bond motifs is 1.